The van der Waals surface area contributed by atoms with Gasteiger partial charge in [-0.1, -0.05) is 6.07 Å². The lowest BCUT2D eigenvalue weighted by Gasteiger charge is -2.08. The molecule has 0 radical (unpaired) electrons. The molecule has 0 aliphatic carbocycles. The van der Waals surface area contributed by atoms with Crippen molar-refractivity contribution in [2.45, 2.75) is 13.5 Å². The summed E-state index contributed by atoms with van der Waals surface area (Å²) in [7, 11) is 0. The van der Waals surface area contributed by atoms with Crippen LogP contribution in [-0.4, -0.2) is 9.38 Å². The molecule has 5 heteroatoms. The number of halogens is 1. The summed E-state index contributed by atoms with van der Waals surface area (Å²) >= 11 is 0. The van der Waals surface area contributed by atoms with Crippen molar-refractivity contribution in [3.05, 3.63) is 65.4 Å². The third-order valence-electron chi connectivity index (χ3n) is 3.37. The highest BCUT2D eigenvalue weighted by molar-refractivity contribution is 5.50. The van der Waals surface area contributed by atoms with E-state index in [1.54, 1.807) is 12.1 Å². The first-order valence-corrected chi connectivity index (χ1v) is 6.55. The molecule has 2 heterocycles. The van der Waals surface area contributed by atoms with Crippen LogP contribution in [-0.2, 0) is 6.54 Å². The predicted octanol–water partition coefficient (Wildman–Crippen LogP) is 3.27. The molecule has 3 aromatic rings. The van der Waals surface area contributed by atoms with Crippen molar-refractivity contribution >= 4 is 11.3 Å². The molecule has 104 valence electrons. The van der Waals surface area contributed by atoms with E-state index in [2.05, 4.69) is 10.3 Å². The standard InChI is InChI=1S/C16H13FN4/c1-11-15(21-7-3-2-4-16(21)20-11)10-19-14-6-5-12(9-18)8-13(14)17/h2-8,19H,10H2,1H3. The summed E-state index contributed by atoms with van der Waals surface area (Å²) in [4.78, 5) is 4.46. The third-order valence-corrected chi connectivity index (χ3v) is 3.37. The van der Waals surface area contributed by atoms with E-state index in [1.807, 2.05) is 41.8 Å². The molecule has 0 aliphatic rings. The van der Waals surface area contributed by atoms with Crippen molar-refractivity contribution in [2.24, 2.45) is 0 Å². The summed E-state index contributed by atoms with van der Waals surface area (Å²) < 4.78 is 15.8. The van der Waals surface area contributed by atoms with E-state index in [9.17, 15) is 4.39 Å². The fraction of sp³-hybridized carbons (Fsp3) is 0.125. The Morgan fingerprint density at radius 2 is 2.19 bits per heavy atom. The van der Waals surface area contributed by atoms with E-state index in [-0.39, 0.29) is 0 Å². The number of rotatable bonds is 3. The molecule has 21 heavy (non-hydrogen) atoms. The number of nitriles is 1. The Kier molecular flexibility index (Phi) is 3.28. The zero-order chi connectivity index (χ0) is 14.8. The molecule has 1 aromatic carbocycles. The smallest absolute Gasteiger partial charge is 0.147 e. The number of nitrogens with zero attached hydrogens (tertiary/aromatic N) is 3. The minimum atomic E-state index is -0.430. The zero-order valence-electron chi connectivity index (χ0n) is 11.5. The van der Waals surface area contributed by atoms with Crippen molar-refractivity contribution in [3.63, 3.8) is 0 Å². The Balaban J connectivity index is 1.87. The van der Waals surface area contributed by atoms with Crippen LogP contribution in [0.25, 0.3) is 5.65 Å². The first kappa shape index (κ1) is 13.1. The summed E-state index contributed by atoms with van der Waals surface area (Å²) in [5.74, 6) is -0.430. The molecule has 1 N–H and O–H groups in total. The average Bonchev–Trinajstić information content (AvgIpc) is 2.81. The molecule has 0 atom stereocenters. The number of nitrogens with one attached hydrogen (secondary N) is 1. The van der Waals surface area contributed by atoms with E-state index < -0.39 is 5.82 Å². The van der Waals surface area contributed by atoms with Gasteiger partial charge >= 0.3 is 0 Å². The van der Waals surface area contributed by atoms with Gasteiger partial charge in [0.25, 0.3) is 0 Å². The first-order valence-electron chi connectivity index (χ1n) is 6.55. The van der Waals surface area contributed by atoms with Crippen molar-refractivity contribution in [3.8, 4) is 6.07 Å². The Morgan fingerprint density at radius 1 is 1.33 bits per heavy atom. The summed E-state index contributed by atoms with van der Waals surface area (Å²) in [5, 5.41) is 11.8. The highest BCUT2D eigenvalue weighted by Gasteiger charge is 2.09. The van der Waals surface area contributed by atoms with Crippen LogP contribution in [0.3, 0.4) is 0 Å². The van der Waals surface area contributed by atoms with E-state index >= 15 is 0 Å². The highest BCUT2D eigenvalue weighted by Crippen LogP contribution is 2.18. The van der Waals surface area contributed by atoms with Gasteiger partial charge in [0, 0.05) is 6.20 Å². The summed E-state index contributed by atoms with van der Waals surface area (Å²) in [5.41, 5.74) is 3.44. The summed E-state index contributed by atoms with van der Waals surface area (Å²) in [6, 6.07) is 12.1. The highest BCUT2D eigenvalue weighted by atomic mass is 19.1. The van der Waals surface area contributed by atoms with Crippen molar-refractivity contribution in [1.29, 1.82) is 5.26 Å². The molecule has 0 aliphatic heterocycles. The van der Waals surface area contributed by atoms with Crippen LogP contribution >= 0.6 is 0 Å². The van der Waals surface area contributed by atoms with Crippen molar-refractivity contribution in [1.82, 2.24) is 9.38 Å². The van der Waals surface area contributed by atoms with Gasteiger partial charge in [-0.25, -0.2) is 9.37 Å². The van der Waals surface area contributed by atoms with Crippen LogP contribution in [0.1, 0.15) is 17.0 Å². The van der Waals surface area contributed by atoms with Gasteiger partial charge in [0.05, 0.1) is 35.3 Å². The fourth-order valence-electron chi connectivity index (χ4n) is 2.28. The molecule has 0 fully saturated rings. The Hall–Kier alpha value is -2.87. The van der Waals surface area contributed by atoms with Crippen LogP contribution in [0, 0.1) is 24.1 Å². The minimum absolute atomic E-state index is 0.309. The normalized spacial score (nSPS) is 10.5. The SMILES string of the molecule is Cc1nc2ccccn2c1CNc1ccc(C#N)cc1F. The second-order valence-corrected chi connectivity index (χ2v) is 4.73. The number of hydrogen-bond donors (Lipinski definition) is 1. The number of anilines is 1. The monoisotopic (exact) mass is 280 g/mol. The van der Waals surface area contributed by atoms with Crippen LogP contribution in [0.2, 0.25) is 0 Å². The quantitative estimate of drug-likeness (QED) is 0.801. The zero-order valence-corrected chi connectivity index (χ0v) is 11.5. The topological polar surface area (TPSA) is 53.1 Å². The van der Waals surface area contributed by atoms with E-state index in [1.165, 1.54) is 6.07 Å². The van der Waals surface area contributed by atoms with Gasteiger partial charge in [0.2, 0.25) is 0 Å². The molecule has 2 aromatic heterocycles. The van der Waals surface area contributed by atoms with Gasteiger partial charge in [-0.3, -0.25) is 0 Å². The molecule has 0 spiro atoms. The van der Waals surface area contributed by atoms with Gasteiger partial charge in [0.15, 0.2) is 0 Å². The first-order chi connectivity index (χ1) is 10.2. The number of pyridine rings is 1. The number of hydrogen-bond acceptors (Lipinski definition) is 3. The maximum absolute atomic E-state index is 13.8. The van der Waals surface area contributed by atoms with Crippen molar-refractivity contribution < 1.29 is 4.39 Å². The Labute approximate surface area is 121 Å². The molecular formula is C16H13FN4. The molecule has 0 unspecified atom stereocenters. The van der Waals surface area contributed by atoms with Gasteiger partial charge in [-0.2, -0.15) is 5.26 Å². The van der Waals surface area contributed by atoms with E-state index in [0.717, 1.165) is 17.0 Å². The van der Waals surface area contributed by atoms with Crippen LogP contribution in [0.4, 0.5) is 10.1 Å². The van der Waals surface area contributed by atoms with E-state index in [0.29, 0.717) is 17.8 Å². The number of aryl methyl sites for hydroxylation is 1. The molecule has 0 saturated heterocycles. The average molecular weight is 280 g/mol. The lowest BCUT2D eigenvalue weighted by Crippen LogP contribution is -2.05. The number of fused-ring (bicyclic) bond motifs is 1. The van der Waals surface area contributed by atoms with Gasteiger partial charge in [-0.05, 0) is 37.3 Å². The molecular weight excluding hydrogens is 267 g/mol. The lowest BCUT2D eigenvalue weighted by atomic mass is 10.2. The second kappa shape index (κ2) is 5.25. The summed E-state index contributed by atoms with van der Waals surface area (Å²) in [6.07, 6.45) is 1.93. The van der Waals surface area contributed by atoms with Crippen LogP contribution in [0.5, 0.6) is 0 Å². The molecule has 0 saturated carbocycles. The second-order valence-electron chi connectivity index (χ2n) is 4.73. The van der Waals surface area contributed by atoms with Gasteiger partial charge < -0.3 is 9.72 Å². The largest absolute Gasteiger partial charge is 0.377 e. The van der Waals surface area contributed by atoms with Crippen LogP contribution < -0.4 is 5.32 Å². The number of benzene rings is 1. The van der Waals surface area contributed by atoms with Gasteiger partial charge in [-0.15, -0.1) is 0 Å². The Morgan fingerprint density at radius 3 is 2.95 bits per heavy atom. The number of aromatic nitrogens is 2. The van der Waals surface area contributed by atoms with Crippen LogP contribution in [0.15, 0.2) is 42.6 Å². The maximum atomic E-state index is 13.8. The molecule has 0 amide bonds. The third kappa shape index (κ3) is 2.43. The minimum Gasteiger partial charge on any atom is -0.377 e. The van der Waals surface area contributed by atoms with Gasteiger partial charge in [0.1, 0.15) is 11.5 Å². The lowest BCUT2D eigenvalue weighted by molar-refractivity contribution is 0.629. The fourth-order valence-corrected chi connectivity index (χ4v) is 2.28. The summed E-state index contributed by atoms with van der Waals surface area (Å²) in [6.45, 7) is 2.39. The van der Waals surface area contributed by atoms with E-state index in [4.69, 9.17) is 5.26 Å². The van der Waals surface area contributed by atoms with Crippen molar-refractivity contribution in [2.75, 3.05) is 5.32 Å². The maximum Gasteiger partial charge on any atom is 0.147 e. The predicted molar refractivity (Wildman–Crippen MR) is 78.4 cm³/mol. The molecule has 3 rings (SSSR count). The number of imidazole rings is 1. The Bertz CT molecular complexity index is 845. The molecule has 0 bridgehead atoms. The molecule has 4 nitrogen and oxygen atoms in total.